The topological polar surface area (TPSA) is 137 Å². The van der Waals surface area contributed by atoms with Gasteiger partial charge in [0, 0.05) is 13.0 Å². The van der Waals surface area contributed by atoms with Crippen molar-refractivity contribution >= 4 is 11.9 Å². The molecule has 1 unspecified atom stereocenters. The summed E-state index contributed by atoms with van der Waals surface area (Å²) in [5.74, 6) is -2.22. The van der Waals surface area contributed by atoms with Crippen LogP contribution in [0, 0.1) is 0 Å². The van der Waals surface area contributed by atoms with Crippen LogP contribution in [-0.4, -0.2) is 49.5 Å². The van der Waals surface area contributed by atoms with Crippen molar-refractivity contribution in [2.45, 2.75) is 12.5 Å². The molecule has 0 aliphatic heterocycles. The van der Waals surface area contributed by atoms with Crippen molar-refractivity contribution in [2.24, 2.45) is 0 Å². The van der Waals surface area contributed by atoms with Crippen LogP contribution < -0.4 is 11.0 Å². The molecular weight excluding hydrogens is 292 g/mol. The Morgan fingerprint density at radius 1 is 1.32 bits per heavy atom. The molecule has 1 aromatic heterocycles. The Balaban J connectivity index is 2.03. The Morgan fingerprint density at radius 2 is 2.00 bits per heavy atom. The van der Waals surface area contributed by atoms with Gasteiger partial charge in [0.2, 0.25) is 5.82 Å². The number of hydrogen-bond donors (Lipinski definition) is 4. The normalized spacial score (nSPS) is 11.9. The first-order valence-electron chi connectivity index (χ1n) is 6.43. The van der Waals surface area contributed by atoms with Gasteiger partial charge in [-0.15, -0.1) is 5.10 Å². The molecule has 1 aromatic carbocycles. The number of carboxylic acids is 1. The number of hydrogen-bond acceptors (Lipinski definition) is 5. The summed E-state index contributed by atoms with van der Waals surface area (Å²) in [7, 11) is 0. The predicted molar refractivity (Wildman–Crippen MR) is 74.8 cm³/mol. The molecule has 0 bridgehead atoms. The second-order valence-corrected chi connectivity index (χ2v) is 4.42. The van der Waals surface area contributed by atoms with Crippen LogP contribution in [0.15, 0.2) is 35.1 Å². The van der Waals surface area contributed by atoms with Gasteiger partial charge in [0.25, 0.3) is 5.91 Å². The quantitative estimate of drug-likeness (QED) is 0.547. The Labute approximate surface area is 124 Å². The number of nitrogens with zero attached hydrogens (tertiary/aromatic N) is 2. The largest absolute Gasteiger partial charge is 0.479 e. The smallest absolute Gasteiger partial charge is 0.348 e. The van der Waals surface area contributed by atoms with Crippen LogP contribution in [0.2, 0.25) is 0 Å². The monoisotopic (exact) mass is 306 g/mol. The van der Waals surface area contributed by atoms with Crippen LogP contribution in [-0.2, 0) is 4.79 Å². The molecule has 1 atom stereocenters. The number of para-hydroxylation sites is 1. The van der Waals surface area contributed by atoms with Crippen molar-refractivity contribution in [3.05, 3.63) is 46.6 Å². The maximum absolute atomic E-state index is 11.8. The van der Waals surface area contributed by atoms with Gasteiger partial charge >= 0.3 is 11.7 Å². The number of nitrogens with one attached hydrogen (secondary N) is 2. The molecule has 9 nitrogen and oxygen atoms in total. The summed E-state index contributed by atoms with van der Waals surface area (Å²) < 4.78 is 1.04. The molecule has 0 aliphatic rings. The minimum absolute atomic E-state index is 0.0630. The molecule has 9 heteroatoms. The number of carbonyl (C=O) groups is 2. The van der Waals surface area contributed by atoms with Gasteiger partial charge in [-0.05, 0) is 12.1 Å². The van der Waals surface area contributed by atoms with E-state index >= 15 is 0 Å². The third kappa shape index (κ3) is 3.58. The number of aliphatic hydroxyl groups excluding tert-OH is 1. The first-order chi connectivity index (χ1) is 10.5. The fraction of sp³-hybridized carbons (Fsp3) is 0.231. The summed E-state index contributed by atoms with van der Waals surface area (Å²) in [6.45, 7) is -0.0630. The molecule has 22 heavy (non-hydrogen) atoms. The second-order valence-electron chi connectivity index (χ2n) is 4.42. The number of benzene rings is 1. The molecular formula is C13H14N4O5. The molecule has 0 saturated carbocycles. The Bertz CT molecular complexity index is 722. The summed E-state index contributed by atoms with van der Waals surface area (Å²) in [5, 5.41) is 23.8. The van der Waals surface area contributed by atoms with Crippen molar-refractivity contribution in [3.8, 4) is 5.69 Å². The summed E-state index contributed by atoms with van der Waals surface area (Å²) in [6.07, 6.45) is -1.70. The number of carbonyl (C=O) groups excluding carboxylic acids is 1. The van der Waals surface area contributed by atoms with E-state index < -0.39 is 23.7 Å². The number of aromatic amines is 1. The van der Waals surface area contributed by atoms with Crippen molar-refractivity contribution in [2.75, 3.05) is 6.54 Å². The maximum atomic E-state index is 11.8. The third-order valence-electron chi connectivity index (χ3n) is 2.82. The molecule has 1 amide bonds. The first-order valence-corrected chi connectivity index (χ1v) is 6.43. The van der Waals surface area contributed by atoms with Crippen LogP contribution in [0.4, 0.5) is 0 Å². The number of rotatable bonds is 6. The summed E-state index contributed by atoms with van der Waals surface area (Å²) in [5.41, 5.74) is -0.0639. The maximum Gasteiger partial charge on any atom is 0.348 e. The highest BCUT2D eigenvalue weighted by Crippen LogP contribution is 2.02. The molecule has 116 valence electrons. The minimum Gasteiger partial charge on any atom is -0.479 e. The molecule has 0 aliphatic carbocycles. The average molecular weight is 306 g/mol. The van der Waals surface area contributed by atoms with Crippen molar-refractivity contribution in [1.29, 1.82) is 0 Å². The number of aliphatic hydroxyl groups is 1. The SMILES string of the molecule is O=C(NCCC(O)C(=O)O)c1nn(-c2ccccc2)c(=O)[nH]1. The van der Waals surface area contributed by atoms with E-state index in [2.05, 4.69) is 15.4 Å². The van der Waals surface area contributed by atoms with Crippen molar-refractivity contribution < 1.29 is 19.8 Å². The van der Waals surface area contributed by atoms with E-state index in [1.54, 1.807) is 30.3 Å². The summed E-state index contributed by atoms with van der Waals surface area (Å²) in [6, 6.07) is 8.55. The standard InChI is InChI=1S/C13H14N4O5/c18-9(12(20)21)6-7-14-11(19)10-15-13(22)17(16-10)8-4-2-1-3-5-8/h1-5,9,18H,6-7H2,(H,14,19)(H,20,21)(H,15,16,22). The van der Waals surface area contributed by atoms with Crippen LogP contribution in [0.5, 0.6) is 0 Å². The van der Waals surface area contributed by atoms with E-state index in [4.69, 9.17) is 10.2 Å². The molecule has 0 radical (unpaired) electrons. The predicted octanol–water partition coefficient (Wildman–Crippen LogP) is -0.874. The van der Waals surface area contributed by atoms with Gasteiger partial charge in [-0.25, -0.2) is 9.59 Å². The van der Waals surface area contributed by atoms with E-state index in [0.29, 0.717) is 5.69 Å². The summed E-state index contributed by atoms with van der Waals surface area (Å²) >= 11 is 0. The lowest BCUT2D eigenvalue weighted by atomic mass is 10.2. The van der Waals surface area contributed by atoms with Gasteiger partial charge in [-0.2, -0.15) is 4.68 Å². The lowest BCUT2D eigenvalue weighted by molar-refractivity contribution is -0.146. The van der Waals surface area contributed by atoms with Crippen LogP contribution >= 0.6 is 0 Å². The highest BCUT2D eigenvalue weighted by Gasteiger charge is 2.16. The average Bonchev–Trinajstić information content (AvgIpc) is 2.90. The van der Waals surface area contributed by atoms with E-state index in [9.17, 15) is 14.4 Å². The van der Waals surface area contributed by atoms with Crippen molar-refractivity contribution in [3.63, 3.8) is 0 Å². The summed E-state index contributed by atoms with van der Waals surface area (Å²) in [4.78, 5) is 36.3. The Morgan fingerprint density at radius 3 is 2.64 bits per heavy atom. The van der Waals surface area contributed by atoms with Crippen LogP contribution in [0.1, 0.15) is 17.0 Å². The van der Waals surface area contributed by atoms with Crippen LogP contribution in [0.3, 0.4) is 0 Å². The molecule has 2 rings (SSSR count). The molecule has 0 spiro atoms. The van der Waals surface area contributed by atoms with E-state index in [1.165, 1.54) is 0 Å². The van der Waals surface area contributed by atoms with Gasteiger partial charge < -0.3 is 15.5 Å². The van der Waals surface area contributed by atoms with E-state index in [1.807, 2.05) is 0 Å². The van der Waals surface area contributed by atoms with Crippen LogP contribution in [0.25, 0.3) is 5.69 Å². The van der Waals surface area contributed by atoms with E-state index in [0.717, 1.165) is 4.68 Å². The van der Waals surface area contributed by atoms with Crippen molar-refractivity contribution in [1.82, 2.24) is 20.1 Å². The Kier molecular flexibility index (Phi) is 4.69. The molecule has 1 heterocycles. The zero-order valence-corrected chi connectivity index (χ0v) is 11.4. The number of carboxylic acid groups (broad SMARTS) is 1. The molecule has 0 saturated heterocycles. The third-order valence-corrected chi connectivity index (χ3v) is 2.82. The lowest BCUT2D eigenvalue weighted by Crippen LogP contribution is -2.30. The lowest BCUT2D eigenvalue weighted by Gasteiger charge is -2.05. The minimum atomic E-state index is -1.55. The number of H-pyrrole nitrogens is 1. The fourth-order valence-electron chi connectivity index (χ4n) is 1.70. The van der Waals surface area contributed by atoms with Gasteiger partial charge in [0.15, 0.2) is 6.10 Å². The number of aromatic nitrogens is 3. The highest BCUT2D eigenvalue weighted by atomic mass is 16.4. The number of amides is 1. The second kappa shape index (κ2) is 6.68. The zero-order valence-electron chi connectivity index (χ0n) is 11.4. The van der Waals surface area contributed by atoms with Gasteiger partial charge in [0.1, 0.15) is 0 Å². The Hall–Kier alpha value is -2.94. The fourth-order valence-corrected chi connectivity index (χ4v) is 1.70. The molecule has 2 aromatic rings. The number of aliphatic carboxylic acids is 1. The highest BCUT2D eigenvalue weighted by molar-refractivity contribution is 5.90. The van der Waals surface area contributed by atoms with Gasteiger partial charge in [-0.1, -0.05) is 18.2 Å². The van der Waals surface area contributed by atoms with Gasteiger partial charge in [-0.3, -0.25) is 9.78 Å². The molecule has 4 N–H and O–H groups in total. The van der Waals surface area contributed by atoms with Gasteiger partial charge in [0.05, 0.1) is 5.69 Å². The molecule has 0 fully saturated rings. The first kappa shape index (κ1) is 15.4. The van der Waals surface area contributed by atoms with E-state index in [-0.39, 0.29) is 18.8 Å². The zero-order chi connectivity index (χ0) is 16.1.